The summed E-state index contributed by atoms with van der Waals surface area (Å²) in [5.41, 5.74) is 3.27. The fourth-order valence-corrected chi connectivity index (χ4v) is 4.35. The van der Waals surface area contributed by atoms with E-state index < -0.39 is 6.04 Å². The normalized spacial score (nSPS) is 21.1. The molecule has 5 rings (SSSR count). The Bertz CT molecular complexity index is 1110. The second-order valence-electron chi connectivity index (χ2n) is 7.05. The lowest BCUT2D eigenvalue weighted by atomic mass is 9.78. The van der Waals surface area contributed by atoms with Gasteiger partial charge in [-0.25, -0.2) is 9.07 Å². The molecule has 2 atom stereocenters. The highest BCUT2D eigenvalue weighted by Crippen LogP contribution is 2.44. The Balaban J connectivity index is 1.61. The minimum absolute atomic E-state index is 0.0132. The lowest BCUT2D eigenvalue weighted by molar-refractivity contribution is -0.116. The van der Waals surface area contributed by atoms with E-state index in [1.165, 1.54) is 18.5 Å². The van der Waals surface area contributed by atoms with Crippen molar-refractivity contribution in [1.29, 1.82) is 0 Å². The van der Waals surface area contributed by atoms with Gasteiger partial charge in [-0.3, -0.25) is 4.79 Å². The number of fused-ring (bicyclic) bond motifs is 1. The molecule has 140 valence electrons. The number of rotatable bonds is 2. The maximum atomic E-state index is 13.3. The first-order valence-electron chi connectivity index (χ1n) is 9.04. The first-order valence-corrected chi connectivity index (χ1v) is 9.42. The number of carbonyl (C=O) groups excluding carboxylic acids is 1. The van der Waals surface area contributed by atoms with Crippen molar-refractivity contribution in [2.24, 2.45) is 0 Å². The molecule has 1 aliphatic heterocycles. The summed E-state index contributed by atoms with van der Waals surface area (Å²) in [5.74, 6) is 0.319. The molecule has 0 radical (unpaired) electrons. The van der Waals surface area contributed by atoms with Crippen LogP contribution in [-0.2, 0) is 4.79 Å². The Morgan fingerprint density at radius 1 is 1.11 bits per heavy atom. The van der Waals surface area contributed by atoms with Gasteiger partial charge in [-0.05, 0) is 36.1 Å². The molecular formula is C21H16ClFN4O. The Kier molecular flexibility index (Phi) is 4.02. The zero-order chi connectivity index (χ0) is 19.3. The molecule has 0 bridgehead atoms. The Labute approximate surface area is 165 Å². The largest absolute Gasteiger partial charge is 0.328 e. The number of hydrogen-bond acceptors (Lipinski definition) is 4. The quantitative estimate of drug-likeness (QED) is 0.695. The number of ketones is 1. The molecule has 1 N–H and O–H groups in total. The molecule has 2 aromatic carbocycles. The van der Waals surface area contributed by atoms with Gasteiger partial charge in [0.25, 0.3) is 0 Å². The van der Waals surface area contributed by atoms with Gasteiger partial charge in [0.1, 0.15) is 18.2 Å². The average Bonchev–Trinajstić information content (AvgIpc) is 3.15. The summed E-state index contributed by atoms with van der Waals surface area (Å²) < 4.78 is 15.0. The Morgan fingerprint density at radius 3 is 2.68 bits per heavy atom. The van der Waals surface area contributed by atoms with E-state index in [9.17, 15) is 9.18 Å². The molecule has 0 fully saturated rings. The van der Waals surface area contributed by atoms with E-state index in [1.807, 2.05) is 24.3 Å². The fourth-order valence-electron chi connectivity index (χ4n) is 4.11. The van der Waals surface area contributed by atoms with Crippen molar-refractivity contribution >= 4 is 23.3 Å². The number of hydrogen-bond donors (Lipinski definition) is 1. The molecule has 1 aromatic heterocycles. The van der Waals surface area contributed by atoms with Crippen molar-refractivity contribution < 1.29 is 9.18 Å². The number of carbonyl (C=O) groups is 1. The Hall–Kier alpha value is -2.99. The second-order valence-corrected chi connectivity index (χ2v) is 7.46. The molecule has 1 aliphatic carbocycles. The molecule has 0 saturated heterocycles. The van der Waals surface area contributed by atoms with Crippen molar-refractivity contribution in [2.75, 3.05) is 5.32 Å². The van der Waals surface area contributed by atoms with Gasteiger partial charge in [-0.1, -0.05) is 41.9 Å². The van der Waals surface area contributed by atoms with Crippen molar-refractivity contribution in [2.45, 2.75) is 24.8 Å². The smallest absolute Gasteiger partial charge is 0.226 e. The highest BCUT2D eigenvalue weighted by molar-refractivity contribution is 6.31. The summed E-state index contributed by atoms with van der Waals surface area (Å²) in [6.07, 6.45) is 2.46. The number of benzene rings is 2. The predicted molar refractivity (Wildman–Crippen MR) is 104 cm³/mol. The maximum Gasteiger partial charge on any atom is 0.226 e. The average molecular weight is 395 g/mol. The van der Waals surface area contributed by atoms with Crippen LogP contribution in [0.3, 0.4) is 0 Å². The van der Waals surface area contributed by atoms with Crippen LogP contribution in [0.2, 0.25) is 5.02 Å². The van der Waals surface area contributed by atoms with E-state index in [0.717, 1.165) is 16.8 Å². The molecule has 28 heavy (non-hydrogen) atoms. The van der Waals surface area contributed by atoms with Crippen LogP contribution in [0, 0.1) is 5.82 Å². The summed E-state index contributed by atoms with van der Waals surface area (Å²) in [6, 6.07) is 13.4. The molecule has 2 heterocycles. The number of Topliss-reactive ketones (excluding diaryl/α,β-unsaturated/α-hetero) is 1. The van der Waals surface area contributed by atoms with Gasteiger partial charge in [0.15, 0.2) is 5.78 Å². The minimum atomic E-state index is -0.413. The third-order valence-electron chi connectivity index (χ3n) is 5.40. The molecule has 3 aromatic rings. The van der Waals surface area contributed by atoms with E-state index >= 15 is 0 Å². The molecule has 0 amide bonds. The molecule has 0 spiro atoms. The number of nitrogens with one attached hydrogen (secondary N) is 1. The summed E-state index contributed by atoms with van der Waals surface area (Å²) in [4.78, 5) is 17.5. The van der Waals surface area contributed by atoms with Crippen LogP contribution in [0.5, 0.6) is 0 Å². The van der Waals surface area contributed by atoms with Gasteiger partial charge in [-0.15, -0.1) is 0 Å². The first kappa shape index (κ1) is 17.1. The topological polar surface area (TPSA) is 59.8 Å². The highest BCUT2D eigenvalue weighted by atomic mass is 35.5. The fraction of sp³-hybridized carbons (Fsp3) is 0.190. The van der Waals surface area contributed by atoms with Crippen LogP contribution in [0.25, 0.3) is 0 Å². The summed E-state index contributed by atoms with van der Waals surface area (Å²) in [7, 11) is 0. The number of halogens is 2. The number of aromatic nitrogens is 3. The monoisotopic (exact) mass is 394 g/mol. The Morgan fingerprint density at radius 2 is 1.89 bits per heavy atom. The van der Waals surface area contributed by atoms with Crippen LogP contribution in [0.4, 0.5) is 10.3 Å². The van der Waals surface area contributed by atoms with Crippen LogP contribution in [-0.4, -0.2) is 20.5 Å². The zero-order valence-electron chi connectivity index (χ0n) is 14.8. The summed E-state index contributed by atoms with van der Waals surface area (Å²) in [6.45, 7) is 0. The third-order valence-corrected chi connectivity index (χ3v) is 5.75. The molecule has 5 nitrogen and oxygen atoms in total. The molecule has 7 heteroatoms. The second kappa shape index (κ2) is 6.56. The predicted octanol–water partition coefficient (Wildman–Crippen LogP) is 4.49. The van der Waals surface area contributed by atoms with Gasteiger partial charge in [0, 0.05) is 28.3 Å². The van der Waals surface area contributed by atoms with Crippen LogP contribution < -0.4 is 5.32 Å². The first-order chi connectivity index (χ1) is 13.6. The summed E-state index contributed by atoms with van der Waals surface area (Å²) in [5, 5.41) is 8.17. The SMILES string of the molecule is O=C1C[C@@H](c2ccc(F)cc2)CC2=C1[C@H](c1ccccc1Cl)n1ncnc1N2. The molecular weight excluding hydrogens is 379 g/mol. The highest BCUT2D eigenvalue weighted by Gasteiger charge is 2.39. The van der Waals surface area contributed by atoms with Gasteiger partial charge < -0.3 is 5.32 Å². The zero-order valence-corrected chi connectivity index (χ0v) is 15.5. The lowest BCUT2D eigenvalue weighted by Crippen LogP contribution is -2.33. The summed E-state index contributed by atoms with van der Waals surface area (Å²) >= 11 is 6.46. The minimum Gasteiger partial charge on any atom is -0.328 e. The van der Waals surface area contributed by atoms with Crippen molar-refractivity contribution in [1.82, 2.24) is 14.8 Å². The van der Waals surface area contributed by atoms with Crippen LogP contribution >= 0.6 is 11.6 Å². The van der Waals surface area contributed by atoms with Crippen molar-refractivity contribution in [3.63, 3.8) is 0 Å². The molecule has 2 aliphatic rings. The number of allylic oxidation sites excluding steroid dienone is 2. The standard InChI is InChI=1S/C21H16ClFN4O/c22-16-4-2-1-3-15(16)20-19-17(26-21-24-11-25-27(20)21)9-13(10-18(19)28)12-5-7-14(23)8-6-12/h1-8,11,13,20H,9-10H2,(H,24,25,26)/t13-,20-/m0/s1. The van der Waals surface area contributed by atoms with E-state index in [-0.39, 0.29) is 17.5 Å². The van der Waals surface area contributed by atoms with E-state index in [4.69, 9.17) is 11.6 Å². The van der Waals surface area contributed by atoms with E-state index in [1.54, 1.807) is 16.8 Å². The lowest BCUT2D eigenvalue weighted by Gasteiger charge is -2.35. The van der Waals surface area contributed by atoms with E-state index in [0.29, 0.717) is 29.4 Å². The van der Waals surface area contributed by atoms with E-state index in [2.05, 4.69) is 15.4 Å². The van der Waals surface area contributed by atoms with Crippen LogP contribution in [0.1, 0.15) is 35.9 Å². The molecule has 0 unspecified atom stereocenters. The number of anilines is 1. The number of nitrogens with zero attached hydrogens (tertiary/aromatic N) is 3. The maximum absolute atomic E-state index is 13.3. The molecule has 0 saturated carbocycles. The van der Waals surface area contributed by atoms with Gasteiger partial charge >= 0.3 is 0 Å². The van der Waals surface area contributed by atoms with Gasteiger partial charge in [0.05, 0.1) is 0 Å². The van der Waals surface area contributed by atoms with Gasteiger partial charge in [-0.2, -0.15) is 10.1 Å². The van der Waals surface area contributed by atoms with Crippen molar-refractivity contribution in [3.8, 4) is 0 Å². The van der Waals surface area contributed by atoms with Gasteiger partial charge in [0.2, 0.25) is 5.95 Å². The third kappa shape index (κ3) is 2.72. The van der Waals surface area contributed by atoms with Crippen molar-refractivity contribution in [3.05, 3.63) is 88.1 Å². The van der Waals surface area contributed by atoms with Crippen LogP contribution in [0.15, 0.2) is 66.1 Å².